The van der Waals surface area contributed by atoms with E-state index >= 15 is 0 Å². The van der Waals surface area contributed by atoms with Crippen LogP contribution in [0, 0.1) is 12.7 Å². The van der Waals surface area contributed by atoms with Gasteiger partial charge in [0.15, 0.2) is 5.13 Å². The normalized spacial score (nSPS) is 11.6. The molecule has 1 aromatic heterocycles. The number of aromatic nitrogens is 1. The van der Waals surface area contributed by atoms with Crippen molar-refractivity contribution in [1.82, 2.24) is 4.98 Å². The van der Waals surface area contributed by atoms with Crippen molar-refractivity contribution in [3.8, 4) is 11.3 Å². The molecule has 0 fully saturated rings. The first-order valence-electron chi connectivity index (χ1n) is 7.45. The van der Waals surface area contributed by atoms with Crippen LogP contribution in [0.2, 0.25) is 0 Å². The van der Waals surface area contributed by atoms with Crippen molar-refractivity contribution >= 4 is 16.5 Å². The summed E-state index contributed by atoms with van der Waals surface area (Å²) in [5, 5.41) is 5.16. The second-order valence-electron chi connectivity index (χ2n) is 5.57. The third-order valence-electron chi connectivity index (χ3n) is 3.64. The lowest BCUT2D eigenvalue weighted by Gasteiger charge is -2.08. The van der Waals surface area contributed by atoms with Crippen LogP contribution in [0.1, 0.15) is 16.7 Å². The van der Waals surface area contributed by atoms with Gasteiger partial charge in [-0.3, -0.25) is 0 Å². The zero-order valence-electron chi connectivity index (χ0n) is 13.2. The Hall–Kier alpha value is -2.41. The molecule has 0 bridgehead atoms. The van der Waals surface area contributed by atoms with Crippen LogP contribution in [0.25, 0.3) is 11.3 Å². The minimum atomic E-state index is -4.52. The van der Waals surface area contributed by atoms with Crippen LogP contribution in [0.3, 0.4) is 0 Å². The highest BCUT2D eigenvalue weighted by atomic mass is 32.1. The average Bonchev–Trinajstić information content (AvgIpc) is 3.02. The zero-order chi connectivity index (χ0) is 18.0. The molecule has 0 aliphatic heterocycles. The van der Waals surface area contributed by atoms with Gasteiger partial charge in [0.1, 0.15) is 5.82 Å². The Balaban J connectivity index is 1.78. The van der Waals surface area contributed by atoms with E-state index in [2.05, 4.69) is 10.3 Å². The van der Waals surface area contributed by atoms with Crippen LogP contribution in [-0.2, 0) is 12.7 Å². The summed E-state index contributed by atoms with van der Waals surface area (Å²) < 4.78 is 52.3. The lowest BCUT2D eigenvalue weighted by Crippen LogP contribution is -2.05. The van der Waals surface area contributed by atoms with Crippen LogP contribution in [0.4, 0.5) is 22.7 Å². The van der Waals surface area contributed by atoms with E-state index in [4.69, 9.17) is 0 Å². The summed E-state index contributed by atoms with van der Waals surface area (Å²) in [7, 11) is 0. The molecule has 25 heavy (non-hydrogen) atoms. The van der Waals surface area contributed by atoms with Crippen molar-refractivity contribution < 1.29 is 17.6 Å². The van der Waals surface area contributed by atoms with E-state index in [1.54, 1.807) is 0 Å². The molecular weight excluding hydrogens is 352 g/mol. The number of benzene rings is 2. The van der Waals surface area contributed by atoms with Gasteiger partial charge in [0.2, 0.25) is 0 Å². The molecule has 0 atom stereocenters. The quantitative estimate of drug-likeness (QED) is 0.583. The molecule has 2 nitrogen and oxygen atoms in total. The molecule has 130 valence electrons. The molecule has 3 aromatic rings. The topological polar surface area (TPSA) is 24.9 Å². The van der Waals surface area contributed by atoms with Crippen molar-refractivity contribution in [2.75, 3.05) is 5.32 Å². The van der Waals surface area contributed by atoms with Crippen LogP contribution < -0.4 is 5.32 Å². The summed E-state index contributed by atoms with van der Waals surface area (Å²) in [5.41, 5.74) is 1.33. The number of alkyl halides is 3. The van der Waals surface area contributed by atoms with Gasteiger partial charge in [-0.2, -0.15) is 13.2 Å². The van der Waals surface area contributed by atoms with E-state index in [-0.39, 0.29) is 11.3 Å². The summed E-state index contributed by atoms with van der Waals surface area (Å²) in [6.07, 6.45) is -4.52. The van der Waals surface area contributed by atoms with Gasteiger partial charge >= 0.3 is 6.18 Å². The number of aryl methyl sites for hydroxylation is 1. The summed E-state index contributed by atoms with van der Waals surface area (Å²) in [6.45, 7) is 2.52. The molecule has 0 radical (unpaired) electrons. The van der Waals surface area contributed by atoms with E-state index in [0.29, 0.717) is 11.7 Å². The van der Waals surface area contributed by atoms with Gasteiger partial charge in [0, 0.05) is 17.5 Å². The Morgan fingerprint density at radius 1 is 1.08 bits per heavy atom. The lowest BCUT2D eigenvalue weighted by atomic mass is 10.1. The van der Waals surface area contributed by atoms with Crippen LogP contribution in [0.5, 0.6) is 0 Å². The molecular formula is C18H14F4N2S. The van der Waals surface area contributed by atoms with Crippen LogP contribution >= 0.6 is 11.3 Å². The monoisotopic (exact) mass is 366 g/mol. The maximum atomic E-state index is 13.9. The van der Waals surface area contributed by atoms with Crippen molar-refractivity contribution in [3.63, 3.8) is 0 Å². The number of rotatable bonds is 4. The van der Waals surface area contributed by atoms with Crippen molar-refractivity contribution in [3.05, 3.63) is 70.4 Å². The summed E-state index contributed by atoms with van der Waals surface area (Å²) >= 11 is 1.22. The van der Waals surface area contributed by atoms with Gasteiger partial charge in [-0.15, -0.1) is 11.3 Å². The Bertz CT molecular complexity index is 870. The molecule has 0 saturated carbocycles. The van der Waals surface area contributed by atoms with Gasteiger partial charge in [-0.1, -0.05) is 29.8 Å². The summed E-state index contributed by atoms with van der Waals surface area (Å²) in [4.78, 5) is 4.20. The Labute approximate surface area is 146 Å². The molecule has 0 aliphatic rings. The van der Waals surface area contributed by atoms with E-state index < -0.39 is 17.6 Å². The summed E-state index contributed by atoms with van der Waals surface area (Å²) in [6, 6.07) is 10.3. The van der Waals surface area contributed by atoms with Gasteiger partial charge in [0.25, 0.3) is 0 Å². The van der Waals surface area contributed by atoms with Gasteiger partial charge < -0.3 is 5.32 Å². The number of hydrogen-bond donors (Lipinski definition) is 1. The first kappa shape index (κ1) is 17.4. The number of thiazole rings is 1. The van der Waals surface area contributed by atoms with E-state index in [1.807, 2.05) is 31.2 Å². The molecule has 3 rings (SSSR count). The Morgan fingerprint density at radius 2 is 1.80 bits per heavy atom. The van der Waals surface area contributed by atoms with Crippen LogP contribution in [0.15, 0.2) is 47.8 Å². The second kappa shape index (κ2) is 6.84. The molecule has 0 aliphatic carbocycles. The maximum absolute atomic E-state index is 13.9. The molecule has 1 heterocycles. The van der Waals surface area contributed by atoms with Crippen molar-refractivity contribution in [2.45, 2.75) is 19.6 Å². The highest BCUT2D eigenvalue weighted by molar-refractivity contribution is 7.14. The molecule has 7 heteroatoms. The number of anilines is 1. The van der Waals surface area contributed by atoms with E-state index in [0.717, 1.165) is 29.3 Å². The van der Waals surface area contributed by atoms with E-state index in [1.165, 1.54) is 16.7 Å². The number of nitrogens with one attached hydrogen (secondary N) is 1. The fraction of sp³-hybridized carbons (Fsp3) is 0.167. The third-order valence-corrected chi connectivity index (χ3v) is 4.44. The SMILES string of the molecule is Cc1ccc(CNc2nc(-c3cc(C(F)(F)F)ccc3F)cs2)cc1. The minimum absolute atomic E-state index is 0.158. The maximum Gasteiger partial charge on any atom is 0.416 e. The predicted octanol–water partition coefficient (Wildman–Crippen LogP) is 5.89. The molecule has 0 amide bonds. The first-order chi connectivity index (χ1) is 11.8. The zero-order valence-corrected chi connectivity index (χ0v) is 14.0. The predicted molar refractivity (Wildman–Crippen MR) is 91.0 cm³/mol. The van der Waals surface area contributed by atoms with Gasteiger partial charge in [-0.05, 0) is 30.7 Å². The molecule has 0 saturated heterocycles. The molecule has 0 spiro atoms. The standard InChI is InChI=1S/C18H14F4N2S/c1-11-2-4-12(5-3-11)9-23-17-24-16(10-25-17)14-8-13(18(20,21)22)6-7-15(14)19/h2-8,10H,9H2,1H3,(H,23,24). The number of halogens is 4. The van der Waals surface area contributed by atoms with E-state index in [9.17, 15) is 17.6 Å². The second-order valence-corrected chi connectivity index (χ2v) is 6.43. The average molecular weight is 366 g/mol. The largest absolute Gasteiger partial charge is 0.416 e. The van der Waals surface area contributed by atoms with Crippen LogP contribution in [-0.4, -0.2) is 4.98 Å². The Kier molecular flexibility index (Phi) is 4.76. The summed E-state index contributed by atoms with van der Waals surface area (Å²) in [5.74, 6) is -0.733. The highest BCUT2D eigenvalue weighted by Crippen LogP contribution is 2.34. The van der Waals surface area contributed by atoms with Crippen molar-refractivity contribution in [2.24, 2.45) is 0 Å². The molecule has 0 unspecified atom stereocenters. The fourth-order valence-corrected chi connectivity index (χ4v) is 2.97. The smallest absolute Gasteiger partial charge is 0.357 e. The fourth-order valence-electron chi connectivity index (χ4n) is 2.26. The third kappa shape index (κ3) is 4.17. The highest BCUT2D eigenvalue weighted by Gasteiger charge is 2.31. The molecule has 1 N–H and O–H groups in total. The minimum Gasteiger partial charge on any atom is -0.357 e. The number of hydrogen-bond acceptors (Lipinski definition) is 3. The number of nitrogens with zero attached hydrogens (tertiary/aromatic N) is 1. The molecule has 2 aromatic carbocycles. The van der Waals surface area contributed by atoms with Gasteiger partial charge in [-0.25, -0.2) is 9.37 Å². The van der Waals surface area contributed by atoms with Crippen molar-refractivity contribution in [1.29, 1.82) is 0 Å². The van der Waals surface area contributed by atoms with Gasteiger partial charge in [0.05, 0.1) is 11.3 Å². The Morgan fingerprint density at radius 3 is 2.48 bits per heavy atom. The first-order valence-corrected chi connectivity index (χ1v) is 8.33. The lowest BCUT2D eigenvalue weighted by molar-refractivity contribution is -0.137.